The summed E-state index contributed by atoms with van der Waals surface area (Å²) in [4.78, 5) is 0. The van der Waals surface area contributed by atoms with E-state index < -0.39 is 0 Å². The summed E-state index contributed by atoms with van der Waals surface area (Å²) >= 11 is 2.06. The first-order valence-electron chi connectivity index (χ1n) is 6.98. The third kappa shape index (κ3) is 3.16. The van der Waals surface area contributed by atoms with Gasteiger partial charge in [-0.1, -0.05) is 13.8 Å². The molecule has 0 spiro atoms. The van der Waals surface area contributed by atoms with E-state index in [0.717, 1.165) is 29.2 Å². The fourth-order valence-electron chi connectivity index (χ4n) is 3.14. The second kappa shape index (κ2) is 5.77. The monoisotopic (exact) mass is 241 g/mol. The third-order valence-electron chi connectivity index (χ3n) is 4.60. The smallest absolute Gasteiger partial charge is 0.00751 e. The number of hydrogen-bond donors (Lipinski definition) is 1. The van der Waals surface area contributed by atoms with Crippen molar-refractivity contribution in [1.82, 2.24) is 5.32 Å². The van der Waals surface area contributed by atoms with E-state index in [1.165, 1.54) is 38.5 Å². The zero-order valence-electron chi connectivity index (χ0n) is 11.0. The Morgan fingerprint density at radius 3 is 2.12 bits per heavy atom. The summed E-state index contributed by atoms with van der Waals surface area (Å²) in [5.41, 5.74) is 0. The second-order valence-corrected chi connectivity index (χ2v) is 7.19. The highest BCUT2D eigenvalue weighted by molar-refractivity contribution is 7.99. The van der Waals surface area contributed by atoms with Crippen molar-refractivity contribution in [2.24, 2.45) is 11.8 Å². The van der Waals surface area contributed by atoms with Crippen molar-refractivity contribution in [3.63, 3.8) is 0 Å². The molecule has 0 atom stereocenters. The van der Waals surface area contributed by atoms with Gasteiger partial charge in [-0.3, -0.25) is 0 Å². The van der Waals surface area contributed by atoms with Gasteiger partial charge in [-0.2, -0.15) is 11.8 Å². The highest BCUT2D eigenvalue weighted by Gasteiger charge is 2.33. The molecular formula is C14H27NS. The highest BCUT2D eigenvalue weighted by atomic mass is 32.2. The lowest BCUT2D eigenvalue weighted by Crippen LogP contribution is -2.48. The van der Waals surface area contributed by atoms with Crippen LogP contribution < -0.4 is 5.32 Å². The molecule has 1 nitrogen and oxygen atoms in total. The molecule has 2 fully saturated rings. The van der Waals surface area contributed by atoms with Gasteiger partial charge in [0.15, 0.2) is 0 Å². The van der Waals surface area contributed by atoms with E-state index in [1.54, 1.807) is 0 Å². The Morgan fingerprint density at radius 2 is 1.62 bits per heavy atom. The minimum absolute atomic E-state index is 0.835. The van der Waals surface area contributed by atoms with Crippen molar-refractivity contribution in [2.45, 2.75) is 69.7 Å². The maximum absolute atomic E-state index is 3.88. The Morgan fingerprint density at radius 1 is 1.00 bits per heavy atom. The van der Waals surface area contributed by atoms with Crippen LogP contribution in [0, 0.1) is 11.8 Å². The van der Waals surface area contributed by atoms with Crippen molar-refractivity contribution in [3.8, 4) is 0 Å². The molecule has 0 heterocycles. The van der Waals surface area contributed by atoms with Crippen molar-refractivity contribution in [1.29, 1.82) is 0 Å². The quantitative estimate of drug-likeness (QED) is 0.806. The molecular weight excluding hydrogens is 214 g/mol. The van der Waals surface area contributed by atoms with E-state index in [4.69, 9.17) is 0 Å². The summed E-state index contributed by atoms with van der Waals surface area (Å²) < 4.78 is 0. The van der Waals surface area contributed by atoms with E-state index in [1.807, 2.05) is 0 Å². The predicted octanol–water partition coefficient (Wildman–Crippen LogP) is 3.68. The van der Waals surface area contributed by atoms with Gasteiger partial charge in [0, 0.05) is 17.3 Å². The minimum atomic E-state index is 0.835. The van der Waals surface area contributed by atoms with Gasteiger partial charge in [0.1, 0.15) is 0 Å². The molecule has 2 heteroatoms. The first-order valence-corrected chi connectivity index (χ1v) is 8.26. The van der Waals surface area contributed by atoms with Crippen LogP contribution in [0.4, 0.5) is 0 Å². The summed E-state index contributed by atoms with van der Waals surface area (Å²) in [7, 11) is 0. The standard InChI is InChI=1S/C14H27NS/c1-10(2)11-8-13(9-11)15-12-4-6-14(16-3)7-5-12/h10-15H,4-9H2,1-3H3. The summed E-state index contributed by atoms with van der Waals surface area (Å²) in [5, 5.41) is 4.82. The van der Waals surface area contributed by atoms with Crippen molar-refractivity contribution < 1.29 is 0 Å². The maximum atomic E-state index is 3.88. The molecule has 2 saturated carbocycles. The van der Waals surface area contributed by atoms with Crippen LogP contribution in [-0.2, 0) is 0 Å². The molecule has 0 aromatic rings. The molecule has 0 saturated heterocycles. The van der Waals surface area contributed by atoms with Gasteiger partial charge in [-0.25, -0.2) is 0 Å². The molecule has 0 aromatic heterocycles. The summed E-state index contributed by atoms with van der Waals surface area (Å²) in [6.07, 6.45) is 10.8. The molecule has 0 aliphatic heterocycles. The Hall–Kier alpha value is 0.310. The van der Waals surface area contributed by atoms with E-state index in [-0.39, 0.29) is 0 Å². The van der Waals surface area contributed by atoms with Gasteiger partial charge in [0.25, 0.3) is 0 Å². The van der Waals surface area contributed by atoms with Gasteiger partial charge < -0.3 is 5.32 Å². The number of nitrogens with one attached hydrogen (secondary N) is 1. The zero-order chi connectivity index (χ0) is 11.5. The Kier molecular flexibility index (Phi) is 4.60. The number of thioether (sulfide) groups is 1. The minimum Gasteiger partial charge on any atom is -0.311 e. The lowest BCUT2D eigenvalue weighted by Gasteiger charge is -2.42. The Bertz CT molecular complexity index is 203. The lowest BCUT2D eigenvalue weighted by atomic mass is 9.73. The fraction of sp³-hybridized carbons (Fsp3) is 1.00. The molecule has 2 aliphatic rings. The third-order valence-corrected chi connectivity index (χ3v) is 5.73. The number of rotatable bonds is 4. The Balaban J connectivity index is 1.62. The van der Waals surface area contributed by atoms with E-state index >= 15 is 0 Å². The van der Waals surface area contributed by atoms with Crippen LogP contribution in [0.5, 0.6) is 0 Å². The highest BCUT2D eigenvalue weighted by Crippen LogP contribution is 2.35. The Labute approximate surface area is 105 Å². The van der Waals surface area contributed by atoms with Crippen LogP contribution in [0.2, 0.25) is 0 Å². The average Bonchev–Trinajstić information content (AvgIpc) is 2.23. The van der Waals surface area contributed by atoms with Crippen molar-refractivity contribution in [3.05, 3.63) is 0 Å². The summed E-state index contributed by atoms with van der Waals surface area (Å²) in [6, 6.07) is 1.68. The van der Waals surface area contributed by atoms with Gasteiger partial charge >= 0.3 is 0 Å². The van der Waals surface area contributed by atoms with Gasteiger partial charge in [0.05, 0.1) is 0 Å². The molecule has 0 amide bonds. The topological polar surface area (TPSA) is 12.0 Å². The van der Waals surface area contributed by atoms with E-state index in [2.05, 4.69) is 37.2 Å². The van der Waals surface area contributed by atoms with E-state index in [9.17, 15) is 0 Å². The molecule has 2 aliphatic carbocycles. The molecule has 0 bridgehead atoms. The second-order valence-electron chi connectivity index (χ2n) is 6.05. The van der Waals surface area contributed by atoms with Crippen LogP contribution in [0.3, 0.4) is 0 Å². The molecule has 1 N–H and O–H groups in total. The first-order chi connectivity index (χ1) is 7.69. The number of hydrogen-bond acceptors (Lipinski definition) is 2. The fourth-order valence-corrected chi connectivity index (χ4v) is 3.88. The van der Waals surface area contributed by atoms with Crippen LogP contribution in [0.25, 0.3) is 0 Å². The first kappa shape index (κ1) is 12.8. The van der Waals surface area contributed by atoms with Gasteiger partial charge in [0.2, 0.25) is 0 Å². The maximum Gasteiger partial charge on any atom is 0.00751 e. The van der Waals surface area contributed by atoms with Gasteiger partial charge in [-0.05, 0) is 56.6 Å². The predicted molar refractivity (Wildman–Crippen MR) is 74.0 cm³/mol. The summed E-state index contributed by atoms with van der Waals surface area (Å²) in [6.45, 7) is 4.73. The van der Waals surface area contributed by atoms with E-state index in [0.29, 0.717) is 0 Å². The molecule has 0 radical (unpaired) electrons. The lowest BCUT2D eigenvalue weighted by molar-refractivity contribution is 0.149. The van der Waals surface area contributed by atoms with Crippen LogP contribution in [-0.4, -0.2) is 23.6 Å². The SMILES string of the molecule is CSC1CCC(NC2CC(C(C)C)C2)CC1. The molecule has 16 heavy (non-hydrogen) atoms. The average molecular weight is 241 g/mol. The van der Waals surface area contributed by atoms with Gasteiger partial charge in [-0.15, -0.1) is 0 Å². The van der Waals surface area contributed by atoms with Crippen LogP contribution in [0.15, 0.2) is 0 Å². The molecule has 2 rings (SSSR count). The van der Waals surface area contributed by atoms with Crippen LogP contribution in [0.1, 0.15) is 52.4 Å². The molecule has 94 valence electrons. The largest absolute Gasteiger partial charge is 0.311 e. The molecule has 0 unspecified atom stereocenters. The zero-order valence-corrected chi connectivity index (χ0v) is 11.9. The molecule has 0 aromatic carbocycles. The summed E-state index contributed by atoms with van der Waals surface area (Å²) in [5.74, 6) is 1.89. The normalized spacial score (nSPS) is 39.8. The van der Waals surface area contributed by atoms with Crippen LogP contribution >= 0.6 is 11.8 Å². The van der Waals surface area contributed by atoms with Crippen molar-refractivity contribution >= 4 is 11.8 Å². The van der Waals surface area contributed by atoms with Crippen molar-refractivity contribution in [2.75, 3.05) is 6.26 Å².